The highest BCUT2D eigenvalue weighted by Crippen LogP contribution is 2.63. The van der Waals surface area contributed by atoms with E-state index in [1.165, 1.54) is 24.3 Å². The number of hydrogen-bond acceptors (Lipinski definition) is 7. The Morgan fingerprint density at radius 3 is 2.44 bits per heavy atom. The predicted molar refractivity (Wildman–Crippen MR) is 123 cm³/mol. The molecule has 182 valence electrons. The number of ether oxygens (including phenoxy) is 1. The van der Waals surface area contributed by atoms with Gasteiger partial charge in [-0.3, -0.25) is 0 Å². The number of carbonyl (C=O) groups is 1. The molecule has 3 aliphatic rings. The van der Waals surface area contributed by atoms with Crippen LogP contribution in [0.25, 0.3) is 0 Å². The van der Waals surface area contributed by atoms with Crippen LogP contribution < -0.4 is 5.14 Å². The van der Waals surface area contributed by atoms with Crippen molar-refractivity contribution in [2.24, 2.45) is 22.4 Å². The Morgan fingerprint density at radius 2 is 1.76 bits per heavy atom. The second-order valence-corrected chi connectivity index (χ2v) is 11.7. The summed E-state index contributed by atoms with van der Waals surface area (Å²) >= 11 is 0. The number of aryl methyl sites for hydroxylation is 1. The number of rotatable bonds is 3. The molecule has 8 nitrogen and oxygen atoms in total. The number of fused-ring (bicyclic) bond motifs is 5. The van der Waals surface area contributed by atoms with Crippen LogP contribution in [-0.4, -0.2) is 35.8 Å². The molecule has 2 aromatic rings. The minimum atomic E-state index is -3.83. The number of aromatic hydroxyl groups is 3. The molecule has 0 radical (unpaired) electrons. The summed E-state index contributed by atoms with van der Waals surface area (Å²) in [5.74, 6) is -0.761. The first-order chi connectivity index (χ1) is 16.0. The second kappa shape index (κ2) is 7.88. The first kappa shape index (κ1) is 23.0. The first-order valence-electron chi connectivity index (χ1n) is 11.6. The molecule has 3 aliphatic carbocycles. The zero-order chi connectivity index (χ0) is 24.4. The molecule has 34 heavy (non-hydrogen) atoms. The van der Waals surface area contributed by atoms with Gasteiger partial charge in [-0.1, -0.05) is 6.92 Å². The van der Waals surface area contributed by atoms with E-state index < -0.39 is 21.7 Å². The summed E-state index contributed by atoms with van der Waals surface area (Å²) in [5.41, 5.74) is 1.72. The van der Waals surface area contributed by atoms with Crippen molar-refractivity contribution in [1.82, 2.24) is 0 Å². The number of carbonyl (C=O) groups excluding carboxylic acids is 1. The lowest BCUT2D eigenvalue weighted by Crippen LogP contribution is -2.45. The summed E-state index contributed by atoms with van der Waals surface area (Å²) in [6.45, 7) is 2.17. The summed E-state index contributed by atoms with van der Waals surface area (Å²) in [4.78, 5) is 12.8. The summed E-state index contributed by atoms with van der Waals surface area (Å²) in [7, 11) is -3.83. The number of benzene rings is 2. The van der Waals surface area contributed by atoms with Gasteiger partial charge in [0.25, 0.3) is 0 Å². The van der Waals surface area contributed by atoms with Crippen molar-refractivity contribution in [2.45, 2.75) is 62.4 Å². The van der Waals surface area contributed by atoms with E-state index in [1.807, 2.05) is 0 Å². The van der Waals surface area contributed by atoms with Crippen molar-refractivity contribution < 1.29 is 33.3 Å². The number of esters is 1. The normalized spacial score (nSPS) is 30.2. The van der Waals surface area contributed by atoms with Gasteiger partial charge < -0.3 is 20.1 Å². The van der Waals surface area contributed by atoms with Gasteiger partial charge in [-0.2, -0.15) is 0 Å². The molecular weight excluding hydrogens is 458 g/mol. The highest BCUT2D eigenvalue weighted by atomic mass is 32.2. The van der Waals surface area contributed by atoms with Crippen molar-refractivity contribution in [1.29, 1.82) is 0 Å². The van der Waals surface area contributed by atoms with Gasteiger partial charge in [0.05, 0.1) is 10.5 Å². The third-order valence-corrected chi connectivity index (χ3v) is 9.44. The van der Waals surface area contributed by atoms with Gasteiger partial charge in [0.15, 0.2) is 11.5 Å². The Labute approximate surface area is 198 Å². The molecule has 3 unspecified atom stereocenters. The molecule has 2 fully saturated rings. The van der Waals surface area contributed by atoms with Crippen LogP contribution in [0.5, 0.6) is 17.2 Å². The van der Waals surface area contributed by atoms with E-state index in [0.717, 1.165) is 43.2 Å². The summed E-state index contributed by atoms with van der Waals surface area (Å²) < 4.78 is 28.9. The molecule has 0 saturated heterocycles. The standard InChI is InChI=1S/C25H29NO7S/c1-25-11-10-17-16(7-4-14-12-19(27)22(28)23(29)21(14)17)18(25)8-9-20(25)33-24(30)13-2-5-15(6-3-13)34(26,31)32/h2-3,5-6,12,16-18,20,27-29H,4,7-11H2,1H3,(H2,26,31,32)/t16?,17?,18?,20-,25-/m0/s1. The maximum absolute atomic E-state index is 12.9. The maximum atomic E-state index is 12.9. The van der Waals surface area contributed by atoms with Crippen molar-refractivity contribution in [3.63, 3.8) is 0 Å². The van der Waals surface area contributed by atoms with E-state index >= 15 is 0 Å². The molecule has 5 rings (SSSR count). The average molecular weight is 488 g/mol. The zero-order valence-corrected chi connectivity index (χ0v) is 19.7. The lowest BCUT2D eigenvalue weighted by Gasteiger charge is -2.50. The number of hydrogen-bond donors (Lipinski definition) is 4. The lowest BCUT2D eigenvalue weighted by atomic mass is 9.55. The molecule has 0 bridgehead atoms. The molecule has 5 atom stereocenters. The molecule has 9 heteroatoms. The van der Waals surface area contributed by atoms with E-state index in [-0.39, 0.29) is 39.4 Å². The molecule has 0 heterocycles. The van der Waals surface area contributed by atoms with Crippen LogP contribution >= 0.6 is 0 Å². The van der Waals surface area contributed by atoms with E-state index in [2.05, 4.69) is 6.92 Å². The number of phenols is 3. The van der Waals surface area contributed by atoms with E-state index in [4.69, 9.17) is 9.88 Å². The SMILES string of the molecule is C[C@]12CCC3c4c(cc(O)c(O)c4O)CCC3C1CC[C@@H]2OC(=O)c1ccc(S(N)(=O)=O)cc1. The second-order valence-electron chi connectivity index (χ2n) is 10.2. The van der Waals surface area contributed by atoms with Gasteiger partial charge in [0, 0.05) is 11.0 Å². The van der Waals surface area contributed by atoms with Crippen molar-refractivity contribution in [3.05, 3.63) is 47.0 Å². The first-order valence-corrected chi connectivity index (χ1v) is 13.2. The Balaban J connectivity index is 1.36. The third-order valence-electron chi connectivity index (χ3n) is 8.51. The molecule has 5 N–H and O–H groups in total. The third kappa shape index (κ3) is 3.53. The van der Waals surface area contributed by atoms with E-state index in [1.54, 1.807) is 6.07 Å². The fraction of sp³-hybridized carbons (Fsp3) is 0.480. The lowest BCUT2D eigenvalue weighted by molar-refractivity contribution is -0.0429. The predicted octanol–water partition coefficient (Wildman–Crippen LogP) is 3.53. The number of sulfonamides is 1. The van der Waals surface area contributed by atoms with Gasteiger partial charge in [0.1, 0.15) is 6.10 Å². The zero-order valence-electron chi connectivity index (χ0n) is 18.9. The van der Waals surface area contributed by atoms with E-state index in [9.17, 15) is 28.5 Å². The van der Waals surface area contributed by atoms with Crippen LogP contribution in [0.2, 0.25) is 0 Å². The van der Waals surface area contributed by atoms with Gasteiger partial charge in [-0.15, -0.1) is 0 Å². The topological polar surface area (TPSA) is 147 Å². The minimum Gasteiger partial charge on any atom is -0.504 e. The molecule has 2 aromatic carbocycles. The van der Waals surface area contributed by atoms with Crippen molar-refractivity contribution in [3.8, 4) is 17.2 Å². The van der Waals surface area contributed by atoms with Crippen LogP contribution in [0.4, 0.5) is 0 Å². The highest BCUT2D eigenvalue weighted by Gasteiger charge is 2.56. The van der Waals surface area contributed by atoms with E-state index in [0.29, 0.717) is 18.3 Å². The molecule has 0 aromatic heterocycles. The fourth-order valence-corrected chi connectivity index (χ4v) is 7.34. The van der Waals surface area contributed by atoms with Gasteiger partial charge in [0.2, 0.25) is 15.8 Å². The fourth-order valence-electron chi connectivity index (χ4n) is 6.83. The smallest absolute Gasteiger partial charge is 0.338 e. The molecular formula is C25H29NO7S. The van der Waals surface area contributed by atoms with Crippen LogP contribution in [-0.2, 0) is 21.2 Å². The van der Waals surface area contributed by atoms with Gasteiger partial charge in [-0.05, 0) is 92.2 Å². The number of primary sulfonamides is 1. The average Bonchev–Trinajstić information content (AvgIpc) is 3.12. The molecule has 0 spiro atoms. The summed E-state index contributed by atoms with van der Waals surface area (Å²) in [6.07, 6.45) is 4.61. The molecule has 0 aliphatic heterocycles. The summed E-state index contributed by atoms with van der Waals surface area (Å²) in [6, 6.07) is 6.99. The Kier molecular flexibility index (Phi) is 5.33. The quantitative estimate of drug-likeness (QED) is 0.382. The Bertz CT molecular complexity index is 1260. The minimum absolute atomic E-state index is 0.0598. The monoisotopic (exact) mass is 487 g/mol. The molecule has 0 amide bonds. The van der Waals surface area contributed by atoms with Crippen LogP contribution in [0.3, 0.4) is 0 Å². The summed E-state index contributed by atoms with van der Waals surface area (Å²) in [5, 5.41) is 35.8. The van der Waals surface area contributed by atoms with Crippen LogP contribution in [0.1, 0.15) is 66.4 Å². The number of phenolic OH excluding ortho intramolecular Hbond substituents is 3. The van der Waals surface area contributed by atoms with Crippen LogP contribution in [0.15, 0.2) is 35.2 Å². The number of nitrogens with two attached hydrogens (primary N) is 1. The maximum Gasteiger partial charge on any atom is 0.338 e. The Morgan fingerprint density at radius 1 is 1.06 bits per heavy atom. The van der Waals surface area contributed by atoms with Crippen LogP contribution in [0, 0.1) is 17.3 Å². The van der Waals surface area contributed by atoms with Crippen molar-refractivity contribution >= 4 is 16.0 Å². The van der Waals surface area contributed by atoms with Gasteiger partial charge in [-0.25, -0.2) is 18.4 Å². The van der Waals surface area contributed by atoms with Gasteiger partial charge >= 0.3 is 5.97 Å². The van der Waals surface area contributed by atoms with Crippen molar-refractivity contribution in [2.75, 3.05) is 0 Å². The Hall–Kier alpha value is -2.78. The molecule has 2 saturated carbocycles. The highest BCUT2D eigenvalue weighted by molar-refractivity contribution is 7.89. The largest absolute Gasteiger partial charge is 0.504 e.